The molecule has 3 rings (SSSR count). The van der Waals surface area contributed by atoms with Gasteiger partial charge in [0.15, 0.2) is 0 Å². The number of methoxy groups -OCH3 is 1. The van der Waals surface area contributed by atoms with E-state index in [4.69, 9.17) is 39.5 Å². The maximum atomic E-state index is 14.0. The van der Waals surface area contributed by atoms with Gasteiger partial charge in [0.2, 0.25) is 11.8 Å². The Balaban J connectivity index is 2.07. The number of ether oxygens (including phenoxy) is 1. The van der Waals surface area contributed by atoms with E-state index < -0.39 is 34.4 Å². The van der Waals surface area contributed by atoms with Gasteiger partial charge >= 0.3 is 0 Å². The number of sulfonamides is 1. The highest BCUT2D eigenvalue weighted by Crippen LogP contribution is 2.29. The Kier molecular flexibility index (Phi) is 11.3. The second kappa shape index (κ2) is 14.3. The molecule has 0 aliphatic rings. The zero-order valence-electron chi connectivity index (χ0n) is 23.1. The summed E-state index contributed by atoms with van der Waals surface area (Å²) in [6.07, 6.45) is 0.686. The minimum Gasteiger partial charge on any atom is -0.497 e. The summed E-state index contributed by atoms with van der Waals surface area (Å²) in [5.74, 6) is -0.577. The van der Waals surface area contributed by atoms with E-state index in [9.17, 15) is 18.0 Å². The van der Waals surface area contributed by atoms with Crippen LogP contribution in [0.2, 0.25) is 15.1 Å². The molecule has 0 spiro atoms. The second-order valence-electron chi connectivity index (χ2n) is 9.38. The van der Waals surface area contributed by atoms with Crippen LogP contribution in [0.5, 0.6) is 5.75 Å². The van der Waals surface area contributed by atoms with Crippen molar-refractivity contribution >= 4 is 62.3 Å². The number of anilines is 1. The number of hydrogen-bond acceptors (Lipinski definition) is 5. The van der Waals surface area contributed by atoms with Crippen LogP contribution >= 0.6 is 34.8 Å². The van der Waals surface area contributed by atoms with Crippen molar-refractivity contribution in [2.24, 2.45) is 0 Å². The van der Waals surface area contributed by atoms with E-state index >= 15 is 0 Å². The lowest BCUT2D eigenvalue weighted by atomic mass is 10.1. The first kappa shape index (κ1) is 32.5. The summed E-state index contributed by atoms with van der Waals surface area (Å²) < 4.78 is 33.9. The SMILES string of the molecule is CC[C@@H](C)NC(=O)[C@H](C)N(Cc1c(Cl)cccc1Cl)C(=O)CN(c1cccc(Cl)c1)S(=O)(=O)c1ccc(OC)cc1. The summed E-state index contributed by atoms with van der Waals surface area (Å²) in [6, 6.07) is 15.8. The fourth-order valence-corrected chi connectivity index (χ4v) is 6.04. The van der Waals surface area contributed by atoms with Crippen molar-refractivity contribution in [3.63, 3.8) is 0 Å². The summed E-state index contributed by atoms with van der Waals surface area (Å²) in [4.78, 5) is 28.4. The zero-order chi connectivity index (χ0) is 30.3. The van der Waals surface area contributed by atoms with Crippen molar-refractivity contribution in [3.8, 4) is 5.75 Å². The monoisotopic (exact) mass is 639 g/mol. The lowest BCUT2D eigenvalue weighted by Gasteiger charge is -2.33. The number of nitrogens with one attached hydrogen (secondary N) is 1. The van der Waals surface area contributed by atoms with Gasteiger partial charge in [-0.05, 0) is 74.9 Å². The predicted octanol–water partition coefficient (Wildman–Crippen LogP) is 6.18. The van der Waals surface area contributed by atoms with E-state index in [-0.39, 0.29) is 28.2 Å². The summed E-state index contributed by atoms with van der Waals surface area (Å²) in [5, 5.41) is 3.78. The molecule has 2 atom stereocenters. The van der Waals surface area contributed by atoms with E-state index in [1.165, 1.54) is 48.4 Å². The number of amides is 2. The van der Waals surface area contributed by atoms with Crippen molar-refractivity contribution in [2.75, 3.05) is 18.0 Å². The number of halogens is 3. The molecule has 0 bridgehead atoms. The number of hydrogen-bond donors (Lipinski definition) is 1. The molecule has 0 unspecified atom stereocenters. The molecule has 0 saturated carbocycles. The smallest absolute Gasteiger partial charge is 0.264 e. The molecule has 0 heterocycles. The molecule has 0 saturated heterocycles. The molecular formula is C29H32Cl3N3O5S. The van der Waals surface area contributed by atoms with Crippen LogP contribution in [-0.2, 0) is 26.2 Å². The van der Waals surface area contributed by atoms with E-state index in [2.05, 4.69) is 5.32 Å². The van der Waals surface area contributed by atoms with Crippen molar-refractivity contribution < 1.29 is 22.7 Å². The molecular weight excluding hydrogens is 609 g/mol. The van der Waals surface area contributed by atoms with Gasteiger partial charge in [0, 0.05) is 33.2 Å². The highest BCUT2D eigenvalue weighted by Gasteiger charge is 2.33. The predicted molar refractivity (Wildman–Crippen MR) is 163 cm³/mol. The Hall–Kier alpha value is -2.98. The van der Waals surface area contributed by atoms with E-state index in [0.717, 1.165) is 4.31 Å². The molecule has 3 aromatic carbocycles. The van der Waals surface area contributed by atoms with Crippen LogP contribution in [0.1, 0.15) is 32.8 Å². The summed E-state index contributed by atoms with van der Waals surface area (Å²) in [6.45, 7) is 4.59. The summed E-state index contributed by atoms with van der Waals surface area (Å²) in [5.41, 5.74) is 0.605. The lowest BCUT2D eigenvalue weighted by Crippen LogP contribution is -2.52. The van der Waals surface area contributed by atoms with Crippen LogP contribution in [0.3, 0.4) is 0 Å². The van der Waals surface area contributed by atoms with Crippen LogP contribution in [0.25, 0.3) is 0 Å². The number of benzene rings is 3. The van der Waals surface area contributed by atoms with Gasteiger partial charge in [-0.1, -0.05) is 53.9 Å². The third-order valence-corrected chi connectivity index (χ3v) is 9.31. The van der Waals surface area contributed by atoms with Gasteiger partial charge in [-0.3, -0.25) is 13.9 Å². The topological polar surface area (TPSA) is 96.0 Å². The molecule has 2 amide bonds. The Morgan fingerprint density at radius 1 is 0.951 bits per heavy atom. The Morgan fingerprint density at radius 2 is 1.56 bits per heavy atom. The first-order valence-electron chi connectivity index (χ1n) is 12.8. The fraction of sp³-hybridized carbons (Fsp3) is 0.310. The Morgan fingerprint density at radius 3 is 2.12 bits per heavy atom. The number of rotatable bonds is 12. The molecule has 220 valence electrons. The average molecular weight is 641 g/mol. The van der Waals surface area contributed by atoms with Gasteiger partial charge in [0.1, 0.15) is 18.3 Å². The first-order valence-corrected chi connectivity index (χ1v) is 15.4. The number of nitrogens with zero attached hydrogens (tertiary/aromatic N) is 2. The van der Waals surface area contributed by atoms with Crippen LogP contribution in [0, 0.1) is 0 Å². The largest absolute Gasteiger partial charge is 0.497 e. The van der Waals surface area contributed by atoms with Gasteiger partial charge in [-0.25, -0.2) is 8.42 Å². The van der Waals surface area contributed by atoms with E-state index in [1.54, 1.807) is 37.3 Å². The highest BCUT2D eigenvalue weighted by molar-refractivity contribution is 7.92. The molecule has 3 aromatic rings. The number of carbonyl (C=O) groups is 2. The molecule has 0 radical (unpaired) electrons. The molecule has 0 aliphatic carbocycles. The second-order valence-corrected chi connectivity index (χ2v) is 12.5. The van der Waals surface area contributed by atoms with Crippen molar-refractivity contribution in [1.29, 1.82) is 0 Å². The molecule has 0 fully saturated rings. The summed E-state index contributed by atoms with van der Waals surface area (Å²) in [7, 11) is -2.79. The minimum atomic E-state index is -4.26. The lowest BCUT2D eigenvalue weighted by molar-refractivity contribution is -0.139. The van der Waals surface area contributed by atoms with Gasteiger partial charge in [-0.2, -0.15) is 0 Å². The molecule has 41 heavy (non-hydrogen) atoms. The first-order chi connectivity index (χ1) is 19.4. The average Bonchev–Trinajstić information content (AvgIpc) is 2.95. The third-order valence-electron chi connectivity index (χ3n) is 6.58. The highest BCUT2D eigenvalue weighted by atomic mass is 35.5. The van der Waals surface area contributed by atoms with Crippen molar-refractivity contribution in [3.05, 3.63) is 87.4 Å². The number of carbonyl (C=O) groups excluding carboxylic acids is 2. The Labute approximate surface area is 256 Å². The maximum absolute atomic E-state index is 14.0. The summed E-state index contributed by atoms with van der Waals surface area (Å²) >= 11 is 19.0. The van der Waals surface area contributed by atoms with Crippen LogP contribution in [-0.4, -0.2) is 50.9 Å². The van der Waals surface area contributed by atoms with Crippen LogP contribution < -0.4 is 14.4 Å². The van der Waals surface area contributed by atoms with Crippen molar-refractivity contribution in [2.45, 2.75) is 50.7 Å². The van der Waals surface area contributed by atoms with E-state index in [0.29, 0.717) is 27.8 Å². The van der Waals surface area contributed by atoms with Gasteiger partial charge < -0.3 is 15.0 Å². The molecule has 0 aliphatic heterocycles. The zero-order valence-corrected chi connectivity index (χ0v) is 26.2. The maximum Gasteiger partial charge on any atom is 0.264 e. The molecule has 12 heteroatoms. The molecule has 1 N–H and O–H groups in total. The third kappa shape index (κ3) is 8.07. The fourth-order valence-electron chi connectivity index (χ4n) is 3.94. The van der Waals surface area contributed by atoms with Crippen LogP contribution in [0.4, 0.5) is 5.69 Å². The van der Waals surface area contributed by atoms with E-state index in [1.807, 2.05) is 13.8 Å². The quantitative estimate of drug-likeness (QED) is 0.255. The normalized spacial score (nSPS) is 12.8. The van der Waals surface area contributed by atoms with Crippen LogP contribution in [0.15, 0.2) is 71.6 Å². The van der Waals surface area contributed by atoms with Crippen molar-refractivity contribution in [1.82, 2.24) is 10.2 Å². The molecule has 8 nitrogen and oxygen atoms in total. The van der Waals surface area contributed by atoms with Gasteiger partial charge in [0.25, 0.3) is 10.0 Å². The minimum absolute atomic E-state index is 0.0608. The Bertz CT molecular complexity index is 1470. The molecule has 0 aromatic heterocycles. The standard InChI is InChI=1S/C29H32Cl3N3O5S/c1-5-19(2)33-29(37)20(3)34(17-25-26(31)10-7-11-27(25)32)28(36)18-35(22-9-6-8-21(30)16-22)41(38,39)24-14-12-23(40-4)13-15-24/h6-16,19-20H,5,17-18H2,1-4H3,(H,33,37)/t19-,20+/m1/s1. The van der Waals surface area contributed by atoms with Gasteiger partial charge in [-0.15, -0.1) is 0 Å². The van der Waals surface area contributed by atoms with Gasteiger partial charge in [0.05, 0.1) is 17.7 Å².